The molecule has 2 rings (SSSR count). The fourth-order valence-electron chi connectivity index (χ4n) is 1.97. The molecule has 0 atom stereocenters. The molecule has 4 nitrogen and oxygen atoms in total. The van der Waals surface area contributed by atoms with E-state index in [1.165, 1.54) is 19.1 Å². The van der Waals surface area contributed by atoms with Crippen molar-refractivity contribution in [2.75, 3.05) is 0 Å². The molecule has 0 fully saturated rings. The fraction of sp³-hybridized carbons (Fsp3) is 0.0667. The van der Waals surface area contributed by atoms with E-state index in [0.29, 0.717) is 5.56 Å². The van der Waals surface area contributed by atoms with Crippen LogP contribution in [0.1, 0.15) is 26.3 Å². The summed E-state index contributed by atoms with van der Waals surface area (Å²) in [5.74, 6) is -2.27. The van der Waals surface area contributed by atoms with E-state index in [9.17, 15) is 19.8 Å². The van der Waals surface area contributed by atoms with Crippen molar-refractivity contribution < 1.29 is 19.8 Å². The standard InChI is InChI=1S/C15H11BrO4/c1-8-12(14(17)18)6-10(7-13(8)15(19)20)9-2-4-11(16)5-3-9/h2-7H,1H3,(H,17,18)(H,19,20). The molecule has 102 valence electrons. The largest absolute Gasteiger partial charge is 0.478 e. The molecule has 0 radical (unpaired) electrons. The molecular formula is C15H11BrO4. The Morgan fingerprint density at radius 1 is 0.900 bits per heavy atom. The molecule has 0 amide bonds. The van der Waals surface area contributed by atoms with E-state index in [-0.39, 0.29) is 16.7 Å². The quantitative estimate of drug-likeness (QED) is 0.894. The number of carboxylic acid groups (broad SMARTS) is 2. The highest BCUT2D eigenvalue weighted by Crippen LogP contribution is 2.27. The van der Waals surface area contributed by atoms with Gasteiger partial charge in [-0.05, 0) is 47.9 Å². The summed E-state index contributed by atoms with van der Waals surface area (Å²) in [7, 11) is 0. The highest BCUT2D eigenvalue weighted by Gasteiger charge is 2.17. The van der Waals surface area contributed by atoms with E-state index in [1.807, 2.05) is 12.1 Å². The van der Waals surface area contributed by atoms with Crippen LogP contribution in [0.5, 0.6) is 0 Å². The molecule has 0 bridgehead atoms. The predicted molar refractivity (Wildman–Crippen MR) is 78.2 cm³/mol. The first-order valence-corrected chi connectivity index (χ1v) is 6.56. The molecule has 0 aliphatic heterocycles. The van der Waals surface area contributed by atoms with Crippen molar-refractivity contribution in [2.24, 2.45) is 0 Å². The van der Waals surface area contributed by atoms with Gasteiger partial charge in [-0.25, -0.2) is 9.59 Å². The zero-order valence-corrected chi connectivity index (χ0v) is 12.1. The minimum Gasteiger partial charge on any atom is -0.478 e. The monoisotopic (exact) mass is 334 g/mol. The summed E-state index contributed by atoms with van der Waals surface area (Å²) in [4.78, 5) is 22.5. The van der Waals surface area contributed by atoms with E-state index in [0.717, 1.165) is 10.0 Å². The van der Waals surface area contributed by atoms with Gasteiger partial charge in [-0.15, -0.1) is 0 Å². The zero-order chi connectivity index (χ0) is 14.9. The summed E-state index contributed by atoms with van der Waals surface area (Å²) in [5.41, 5.74) is 1.59. The number of carbonyl (C=O) groups is 2. The first kappa shape index (κ1) is 14.3. The molecule has 2 aromatic rings. The Bertz CT molecular complexity index is 655. The number of hydrogen-bond acceptors (Lipinski definition) is 2. The van der Waals surface area contributed by atoms with Crippen LogP contribution in [0.3, 0.4) is 0 Å². The van der Waals surface area contributed by atoms with E-state index in [2.05, 4.69) is 15.9 Å². The Hall–Kier alpha value is -2.14. The van der Waals surface area contributed by atoms with Crippen LogP contribution in [0.2, 0.25) is 0 Å². The van der Waals surface area contributed by atoms with E-state index < -0.39 is 11.9 Å². The van der Waals surface area contributed by atoms with Crippen LogP contribution in [-0.2, 0) is 0 Å². The normalized spacial score (nSPS) is 10.3. The molecule has 0 saturated carbocycles. The highest BCUT2D eigenvalue weighted by molar-refractivity contribution is 9.10. The third kappa shape index (κ3) is 2.72. The molecule has 0 heterocycles. The summed E-state index contributed by atoms with van der Waals surface area (Å²) in [6.07, 6.45) is 0. The second-order valence-corrected chi connectivity index (χ2v) is 5.23. The van der Waals surface area contributed by atoms with Gasteiger partial charge in [-0.3, -0.25) is 0 Å². The van der Waals surface area contributed by atoms with Crippen molar-refractivity contribution >= 4 is 27.9 Å². The first-order valence-electron chi connectivity index (χ1n) is 5.77. The molecule has 0 aromatic heterocycles. The Morgan fingerprint density at radius 2 is 1.35 bits per heavy atom. The molecule has 20 heavy (non-hydrogen) atoms. The molecule has 2 aromatic carbocycles. The van der Waals surface area contributed by atoms with Gasteiger partial charge in [0.25, 0.3) is 0 Å². The van der Waals surface area contributed by atoms with Gasteiger partial charge < -0.3 is 10.2 Å². The third-order valence-electron chi connectivity index (χ3n) is 3.05. The molecule has 0 aliphatic rings. The maximum atomic E-state index is 11.2. The number of carboxylic acids is 2. The van der Waals surface area contributed by atoms with Gasteiger partial charge in [0.2, 0.25) is 0 Å². The van der Waals surface area contributed by atoms with Crippen molar-refractivity contribution in [3.05, 3.63) is 57.6 Å². The Kier molecular flexibility index (Phi) is 3.90. The smallest absolute Gasteiger partial charge is 0.335 e. The molecular weight excluding hydrogens is 324 g/mol. The second-order valence-electron chi connectivity index (χ2n) is 4.31. The molecule has 0 unspecified atom stereocenters. The summed E-state index contributed by atoms with van der Waals surface area (Å²) in [6.45, 7) is 1.50. The molecule has 0 spiro atoms. The number of rotatable bonds is 3. The number of hydrogen-bond donors (Lipinski definition) is 2. The lowest BCUT2D eigenvalue weighted by Gasteiger charge is -2.10. The predicted octanol–water partition coefficient (Wildman–Crippen LogP) is 3.82. The van der Waals surface area contributed by atoms with Crippen LogP contribution in [0.15, 0.2) is 40.9 Å². The lowest BCUT2D eigenvalue weighted by molar-refractivity contribution is 0.0696. The zero-order valence-electron chi connectivity index (χ0n) is 10.6. The van der Waals surface area contributed by atoms with Crippen molar-refractivity contribution in [1.82, 2.24) is 0 Å². The van der Waals surface area contributed by atoms with Gasteiger partial charge in [0, 0.05) is 4.47 Å². The number of benzene rings is 2. The third-order valence-corrected chi connectivity index (χ3v) is 3.57. The van der Waals surface area contributed by atoms with Crippen LogP contribution >= 0.6 is 15.9 Å². The van der Waals surface area contributed by atoms with Crippen LogP contribution in [0.4, 0.5) is 0 Å². The minimum atomic E-state index is -1.14. The average molecular weight is 335 g/mol. The van der Waals surface area contributed by atoms with E-state index >= 15 is 0 Å². The van der Waals surface area contributed by atoms with Crippen molar-refractivity contribution in [2.45, 2.75) is 6.92 Å². The van der Waals surface area contributed by atoms with Crippen LogP contribution < -0.4 is 0 Å². The Morgan fingerprint density at radius 3 is 1.75 bits per heavy atom. The molecule has 0 aliphatic carbocycles. The maximum Gasteiger partial charge on any atom is 0.335 e. The number of halogens is 1. The van der Waals surface area contributed by atoms with Crippen LogP contribution in [0, 0.1) is 6.92 Å². The fourth-order valence-corrected chi connectivity index (χ4v) is 2.23. The van der Waals surface area contributed by atoms with Crippen molar-refractivity contribution in [3.63, 3.8) is 0 Å². The van der Waals surface area contributed by atoms with Gasteiger partial charge >= 0.3 is 11.9 Å². The minimum absolute atomic E-state index is 0.00261. The van der Waals surface area contributed by atoms with Crippen LogP contribution in [-0.4, -0.2) is 22.2 Å². The van der Waals surface area contributed by atoms with Crippen molar-refractivity contribution in [1.29, 1.82) is 0 Å². The summed E-state index contributed by atoms with van der Waals surface area (Å²) in [6, 6.07) is 10.2. The second kappa shape index (κ2) is 5.46. The first-order chi connectivity index (χ1) is 9.40. The van der Waals surface area contributed by atoms with E-state index in [1.54, 1.807) is 12.1 Å². The SMILES string of the molecule is Cc1c(C(=O)O)cc(-c2ccc(Br)cc2)cc1C(=O)O. The molecule has 2 N–H and O–H groups in total. The highest BCUT2D eigenvalue weighted by atomic mass is 79.9. The van der Waals surface area contributed by atoms with Gasteiger partial charge in [0.1, 0.15) is 0 Å². The van der Waals surface area contributed by atoms with Gasteiger partial charge in [-0.1, -0.05) is 28.1 Å². The maximum absolute atomic E-state index is 11.2. The molecule has 0 saturated heterocycles. The summed E-state index contributed by atoms with van der Waals surface area (Å²) < 4.78 is 0.894. The van der Waals surface area contributed by atoms with Crippen LogP contribution in [0.25, 0.3) is 11.1 Å². The lowest BCUT2D eigenvalue weighted by atomic mass is 9.95. The summed E-state index contributed by atoms with van der Waals surface area (Å²) in [5, 5.41) is 18.4. The number of aromatic carboxylic acids is 2. The lowest BCUT2D eigenvalue weighted by Crippen LogP contribution is -2.07. The van der Waals surface area contributed by atoms with E-state index in [4.69, 9.17) is 0 Å². The topological polar surface area (TPSA) is 74.6 Å². The molecule has 5 heteroatoms. The average Bonchev–Trinajstić information content (AvgIpc) is 2.39. The Labute approximate surface area is 123 Å². The van der Waals surface area contributed by atoms with Crippen molar-refractivity contribution in [3.8, 4) is 11.1 Å². The van der Waals surface area contributed by atoms with Gasteiger partial charge in [-0.2, -0.15) is 0 Å². The van der Waals surface area contributed by atoms with Gasteiger partial charge in [0.15, 0.2) is 0 Å². The van der Waals surface area contributed by atoms with Gasteiger partial charge in [0.05, 0.1) is 11.1 Å². The Balaban J connectivity index is 2.68. The summed E-state index contributed by atoms with van der Waals surface area (Å²) >= 11 is 3.32.